The number of methoxy groups -OCH3 is 1. The van der Waals surface area contributed by atoms with Crippen LogP contribution in [0.2, 0.25) is 0 Å². The first kappa shape index (κ1) is 18.8. The van der Waals surface area contributed by atoms with E-state index in [-0.39, 0.29) is 18.4 Å². The lowest BCUT2D eigenvalue weighted by Crippen LogP contribution is -2.49. The van der Waals surface area contributed by atoms with Gasteiger partial charge in [0, 0.05) is 38.9 Å². The highest BCUT2D eigenvalue weighted by Crippen LogP contribution is 2.17. The van der Waals surface area contributed by atoms with Gasteiger partial charge in [-0.3, -0.25) is 9.59 Å². The van der Waals surface area contributed by atoms with Crippen molar-refractivity contribution in [3.8, 4) is 0 Å². The SMILES string of the molecule is COCC(=O)N1CCN(c2ccc(NC(=O)c3cccc(C)c3)cn2)CC1. The Morgan fingerprint density at radius 2 is 1.93 bits per heavy atom. The molecule has 1 N–H and O–H groups in total. The molecular formula is C20H24N4O3. The highest BCUT2D eigenvalue weighted by molar-refractivity contribution is 6.04. The minimum absolute atomic E-state index is 0.0133. The molecule has 2 heterocycles. The molecule has 0 radical (unpaired) electrons. The standard InChI is InChI=1S/C20H24N4O3/c1-15-4-3-5-16(12-15)20(26)22-17-6-7-18(21-13-17)23-8-10-24(11-9-23)19(25)14-27-2/h3-7,12-13H,8-11,14H2,1-2H3,(H,22,26). The van der Waals surface area contributed by atoms with Gasteiger partial charge in [0.05, 0.1) is 11.9 Å². The summed E-state index contributed by atoms with van der Waals surface area (Å²) in [6.07, 6.45) is 1.66. The monoisotopic (exact) mass is 368 g/mol. The molecule has 1 aromatic heterocycles. The maximum Gasteiger partial charge on any atom is 0.255 e. The fraction of sp³-hybridized carbons (Fsp3) is 0.350. The van der Waals surface area contributed by atoms with Gasteiger partial charge < -0.3 is 19.9 Å². The summed E-state index contributed by atoms with van der Waals surface area (Å²) in [4.78, 5) is 32.5. The Bertz CT molecular complexity index is 799. The van der Waals surface area contributed by atoms with Crippen LogP contribution >= 0.6 is 0 Å². The predicted octanol–water partition coefficient (Wildman–Crippen LogP) is 1.94. The largest absolute Gasteiger partial charge is 0.375 e. The molecule has 0 bridgehead atoms. The minimum atomic E-state index is -0.154. The second kappa shape index (κ2) is 8.64. The lowest BCUT2D eigenvalue weighted by molar-refractivity contribution is -0.135. The van der Waals surface area contributed by atoms with E-state index < -0.39 is 0 Å². The molecule has 2 amide bonds. The van der Waals surface area contributed by atoms with Gasteiger partial charge in [0.15, 0.2) is 0 Å². The number of pyridine rings is 1. The predicted molar refractivity (Wildman–Crippen MR) is 104 cm³/mol. The first-order chi connectivity index (χ1) is 13.1. The number of anilines is 2. The molecule has 1 aromatic carbocycles. The maximum atomic E-state index is 12.3. The lowest BCUT2D eigenvalue weighted by Gasteiger charge is -2.35. The Kier molecular flexibility index (Phi) is 6.03. The first-order valence-electron chi connectivity index (χ1n) is 8.92. The topological polar surface area (TPSA) is 74.8 Å². The van der Waals surface area contributed by atoms with Gasteiger partial charge in [-0.1, -0.05) is 17.7 Å². The van der Waals surface area contributed by atoms with Crippen LogP contribution in [0, 0.1) is 6.92 Å². The van der Waals surface area contributed by atoms with Crippen LogP contribution < -0.4 is 10.2 Å². The van der Waals surface area contributed by atoms with Gasteiger partial charge >= 0.3 is 0 Å². The van der Waals surface area contributed by atoms with Crippen LogP contribution in [-0.4, -0.2) is 61.6 Å². The van der Waals surface area contributed by atoms with E-state index in [0.29, 0.717) is 24.3 Å². The number of aryl methyl sites for hydroxylation is 1. The zero-order valence-electron chi connectivity index (χ0n) is 15.6. The van der Waals surface area contributed by atoms with Gasteiger partial charge in [0.25, 0.3) is 5.91 Å². The molecule has 7 nitrogen and oxygen atoms in total. The number of hydrogen-bond donors (Lipinski definition) is 1. The fourth-order valence-corrected chi connectivity index (χ4v) is 3.04. The van der Waals surface area contributed by atoms with Crippen LogP contribution in [0.1, 0.15) is 15.9 Å². The smallest absolute Gasteiger partial charge is 0.255 e. The molecule has 1 fully saturated rings. The number of hydrogen-bond acceptors (Lipinski definition) is 5. The summed E-state index contributed by atoms with van der Waals surface area (Å²) >= 11 is 0. The summed E-state index contributed by atoms with van der Waals surface area (Å²) < 4.78 is 4.90. The highest BCUT2D eigenvalue weighted by atomic mass is 16.5. The molecule has 27 heavy (non-hydrogen) atoms. The van der Waals surface area contributed by atoms with E-state index in [1.165, 1.54) is 7.11 Å². The normalized spacial score (nSPS) is 14.1. The number of nitrogens with one attached hydrogen (secondary N) is 1. The minimum Gasteiger partial charge on any atom is -0.375 e. The Balaban J connectivity index is 1.56. The Morgan fingerprint density at radius 1 is 1.15 bits per heavy atom. The van der Waals surface area contributed by atoms with Crippen molar-refractivity contribution in [2.45, 2.75) is 6.92 Å². The van der Waals surface area contributed by atoms with Crippen molar-refractivity contribution in [2.24, 2.45) is 0 Å². The Hall–Kier alpha value is -2.93. The number of amides is 2. The van der Waals surface area contributed by atoms with E-state index in [1.54, 1.807) is 17.2 Å². The molecule has 142 valence electrons. The number of carbonyl (C=O) groups excluding carboxylic acids is 2. The summed E-state index contributed by atoms with van der Waals surface area (Å²) in [5.74, 6) is 0.695. The second-order valence-corrected chi connectivity index (χ2v) is 6.53. The number of benzene rings is 1. The van der Waals surface area contributed by atoms with Crippen molar-refractivity contribution in [1.82, 2.24) is 9.88 Å². The zero-order chi connectivity index (χ0) is 19.2. The van der Waals surface area contributed by atoms with E-state index in [4.69, 9.17) is 4.74 Å². The Labute approximate surface area is 158 Å². The van der Waals surface area contributed by atoms with Crippen LogP contribution in [0.5, 0.6) is 0 Å². The fourth-order valence-electron chi connectivity index (χ4n) is 3.04. The molecular weight excluding hydrogens is 344 g/mol. The van der Waals surface area contributed by atoms with Crippen LogP contribution in [0.15, 0.2) is 42.6 Å². The average Bonchev–Trinajstić information content (AvgIpc) is 2.69. The highest BCUT2D eigenvalue weighted by Gasteiger charge is 2.21. The summed E-state index contributed by atoms with van der Waals surface area (Å²) in [6, 6.07) is 11.2. The molecule has 0 spiro atoms. The summed E-state index contributed by atoms with van der Waals surface area (Å²) in [5.41, 5.74) is 2.31. The van der Waals surface area contributed by atoms with Crippen LogP contribution in [0.25, 0.3) is 0 Å². The molecule has 1 saturated heterocycles. The van der Waals surface area contributed by atoms with Gasteiger partial charge in [-0.05, 0) is 31.2 Å². The summed E-state index contributed by atoms with van der Waals surface area (Å²) in [7, 11) is 1.53. The molecule has 3 rings (SSSR count). The second-order valence-electron chi connectivity index (χ2n) is 6.53. The van der Waals surface area contributed by atoms with Crippen LogP contribution in [-0.2, 0) is 9.53 Å². The Morgan fingerprint density at radius 3 is 2.56 bits per heavy atom. The van der Waals surface area contributed by atoms with Crippen molar-refractivity contribution >= 4 is 23.3 Å². The molecule has 2 aromatic rings. The number of carbonyl (C=O) groups is 2. The van der Waals surface area contributed by atoms with Crippen molar-refractivity contribution in [2.75, 3.05) is 50.1 Å². The van der Waals surface area contributed by atoms with Gasteiger partial charge in [0.2, 0.25) is 5.91 Å². The third kappa shape index (κ3) is 4.83. The number of rotatable bonds is 5. The van der Waals surface area contributed by atoms with E-state index in [0.717, 1.165) is 24.5 Å². The molecule has 0 unspecified atom stereocenters. The summed E-state index contributed by atoms with van der Waals surface area (Å²) in [6.45, 7) is 4.81. The van der Waals surface area contributed by atoms with Gasteiger partial charge in [-0.2, -0.15) is 0 Å². The summed E-state index contributed by atoms with van der Waals surface area (Å²) in [5, 5.41) is 2.86. The number of nitrogens with zero attached hydrogens (tertiary/aromatic N) is 3. The van der Waals surface area contributed by atoms with E-state index in [1.807, 2.05) is 37.3 Å². The molecule has 0 atom stereocenters. The lowest BCUT2D eigenvalue weighted by atomic mass is 10.1. The van der Waals surface area contributed by atoms with E-state index in [9.17, 15) is 9.59 Å². The molecule has 0 aliphatic carbocycles. The zero-order valence-corrected chi connectivity index (χ0v) is 15.6. The molecule has 7 heteroatoms. The molecule has 1 aliphatic rings. The van der Waals surface area contributed by atoms with Crippen molar-refractivity contribution in [1.29, 1.82) is 0 Å². The molecule has 0 saturated carbocycles. The number of aromatic nitrogens is 1. The first-order valence-corrected chi connectivity index (χ1v) is 8.92. The quantitative estimate of drug-likeness (QED) is 0.873. The van der Waals surface area contributed by atoms with Crippen molar-refractivity contribution in [3.63, 3.8) is 0 Å². The third-order valence-electron chi connectivity index (χ3n) is 4.51. The van der Waals surface area contributed by atoms with Gasteiger partial charge in [0.1, 0.15) is 12.4 Å². The molecule has 1 aliphatic heterocycles. The van der Waals surface area contributed by atoms with Crippen molar-refractivity contribution < 1.29 is 14.3 Å². The van der Waals surface area contributed by atoms with Gasteiger partial charge in [-0.15, -0.1) is 0 Å². The van der Waals surface area contributed by atoms with E-state index in [2.05, 4.69) is 15.2 Å². The van der Waals surface area contributed by atoms with Crippen LogP contribution in [0.3, 0.4) is 0 Å². The maximum absolute atomic E-state index is 12.3. The third-order valence-corrected chi connectivity index (χ3v) is 4.51. The number of piperazine rings is 1. The van der Waals surface area contributed by atoms with E-state index >= 15 is 0 Å². The average molecular weight is 368 g/mol. The van der Waals surface area contributed by atoms with Gasteiger partial charge in [-0.25, -0.2) is 4.98 Å². The van der Waals surface area contributed by atoms with Crippen LogP contribution in [0.4, 0.5) is 11.5 Å². The van der Waals surface area contributed by atoms with Crippen molar-refractivity contribution in [3.05, 3.63) is 53.7 Å². The number of ether oxygens (including phenoxy) is 1.